The Kier molecular flexibility index (Phi) is 4.46. The van der Waals surface area contributed by atoms with Crippen molar-refractivity contribution in [2.45, 2.75) is 18.9 Å². The maximum atomic E-state index is 9.86. The highest BCUT2D eigenvalue weighted by Crippen LogP contribution is 2.29. The summed E-state index contributed by atoms with van der Waals surface area (Å²) in [7, 11) is 0. The minimum atomic E-state index is -0.463. The number of hydrogen-bond donors (Lipinski definition) is 2. The first-order valence-corrected chi connectivity index (χ1v) is 6.78. The SMILES string of the molecule is CCC(CO)(Nc1ccc(Cl)cc1)c1ccccc1. The molecule has 0 saturated carbocycles. The molecule has 0 saturated heterocycles. The molecule has 0 radical (unpaired) electrons. The molecule has 19 heavy (non-hydrogen) atoms. The molecule has 3 heteroatoms. The van der Waals surface area contributed by atoms with Crippen LogP contribution in [0.4, 0.5) is 5.69 Å². The number of aliphatic hydroxyl groups is 1. The Hall–Kier alpha value is -1.51. The molecule has 2 rings (SSSR count). The minimum absolute atomic E-state index is 0.0378. The van der Waals surface area contributed by atoms with Gasteiger partial charge >= 0.3 is 0 Å². The van der Waals surface area contributed by atoms with Crippen LogP contribution in [0.15, 0.2) is 54.6 Å². The van der Waals surface area contributed by atoms with E-state index in [0.717, 1.165) is 17.7 Å². The van der Waals surface area contributed by atoms with Gasteiger partial charge in [0.25, 0.3) is 0 Å². The Morgan fingerprint density at radius 2 is 1.68 bits per heavy atom. The number of hydrogen-bond acceptors (Lipinski definition) is 2. The summed E-state index contributed by atoms with van der Waals surface area (Å²) in [6.45, 7) is 2.10. The highest BCUT2D eigenvalue weighted by atomic mass is 35.5. The zero-order valence-electron chi connectivity index (χ0n) is 10.9. The molecule has 1 unspecified atom stereocenters. The summed E-state index contributed by atoms with van der Waals surface area (Å²) in [4.78, 5) is 0. The van der Waals surface area contributed by atoms with E-state index in [4.69, 9.17) is 11.6 Å². The van der Waals surface area contributed by atoms with E-state index >= 15 is 0 Å². The number of nitrogens with one attached hydrogen (secondary N) is 1. The number of halogens is 1. The summed E-state index contributed by atoms with van der Waals surface area (Å²) in [6.07, 6.45) is 0.788. The van der Waals surface area contributed by atoms with Crippen LogP contribution in [0, 0.1) is 0 Å². The van der Waals surface area contributed by atoms with Crippen molar-refractivity contribution in [3.05, 3.63) is 65.2 Å². The Balaban J connectivity index is 2.32. The molecule has 0 aliphatic heterocycles. The van der Waals surface area contributed by atoms with Gasteiger partial charge in [0.15, 0.2) is 0 Å². The van der Waals surface area contributed by atoms with Gasteiger partial charge in [0.1, 0.15) is 0 Å². The average molecular weight is 276 g/mol. The Bertz CT molecular complexity index is 506. The molecule has 2 aromatic carbocycles. The molecule has 0 aromatic heterocycles. The molecular weight excluding hydrogens is 258 g/mol. The molecule has 2 nitrogen and oxygen atoms in total. The Morgan fingerprint density at radius 1 is 1.05 bits per heavy atom. The lowest BCUT2D eigenvalue weighted by Crippen LogP contribution is -2.38. The summed E-state index contributed by atoms with van der Waals surface area (Å²) >= 11 is 5.89. The predicted molar refractivity (Wildman–Crippen MR) is 80.6 cm³/mol. The lowest BCUT2D eigenvalue weighted by molar-refractivity contribution is 0.207. The fourth-order valence-electron chi connectivity index (χ4n) is 2.17. The predicted octanol–water partition coefficient (Wildman–Crippen LogP) is 4.05. The second-order valence-corrected chi connectivity index (χ2v) is 5.03. The summed E-state index contributed by atoms with van der Waals surface area (Å²) in [5.41, 5.74) is 1.56. The van der Waals surface area contributed by atoms with Crippen LogP contribution >= 0.6 is 11.6 Å². The van der Waals surface area contributed by atoms with Crippen molar-refractivity contribution < 1.29 is 5.11 Å². The zero-order chi connectivity index (χ0) is 13.7. The van der Waals surface area contributed by atoms with Crippen LogP contribution in [0.5, 0.6) is 0 Å². The minimum Gasteiger partial charge on any atom is -0.394 e. The van der Waals surface area contributed by atoms with E-state index in [1.807, 2.05) is 54.6 Å². The smallest absolute Gasteiger partial charge is 0.0854 e. The zero-order valence-corrected chi connectivity index (χ0v) is 11.7. The van der Waals surface area contributed by atoms with Crippen LogP contribution in [0.2, 0.25) is 5.02 Å². The lowest BCUT2D eigenvalue weighted by atomic mass is 9.87. The molecule has 2 N–H and O–H groups in total. The summed E-state index contributed by atoms with van der Waals surface area (Å²) < 4.78 is 0. The second kappa shape index (κ2) is 6.09. The van der Waals surface area contributed by atoms with Crippen LogP contribution in [-0.2, 0) is 5.54 Å². The topological polar surface area (TPSA) is 32.3 Å². The maximum absolute atomic E-state index is 9.86. The van der Waals surface area contributed by atoms with E-state index in [1.165, 1.54) is 0 Å². The van der Waals surface area contributed by atoms with Gasteiger partial charge in [0.05, 0.1) is 12.1 Å². The number of benzene rings is 2. The van der Waals surface area contributed by atoms with Gasteiger partial charge in [0.2, 0.25) is 0 Å². The van der Waals surface area contributed by atoms with Gasteiger partial charge in [-0.05, 0) is 36.2 Å². The van der Waals surface area contributed by atoms with Gasteiger partial charge in [-0.2, -0.15) is 0 Å². The largest absolute Gasteiger partial charge is 0.394 e. The van der Waals surface area contributed by atoms with Gasteiger partial charge in [-0.1, -0.05) is 48.9 Å². The number of aliphatic hydroxyl groups excluding tert-OH is 1. The van der Waals surface area contributed by atoms with E-state index < -0.39 is 5.54 Å². The highest BCUT2D eigenvalue weighted by Gasteiger charge is 2.29. The third kappa shape index (κ3) is 3.09. The molecule has 0 amide bonds. The van der Waals surface area contributed by atoms with Crippen molar-refractivity contribution in [2.24, 2.45) is 0 Å². The van der Waals surface area contributed by atoms with Gasteiger partial charge in [-0.15, -0.1) is 0 Å². The maximum Gasteiger partial charge on any atom is 0.0854 e. The van der Waals surface area contributed by atoms with Crippen LogP contribution in [0.25, 0.3) is 0 Å². The van der Waals surface area contributed by atoms with E-state index in [-0.39, 0.29) is 6.61 Å². The normalized spacial score (nSPS) is 13.8. The second-order valence-electron chi connectivity index (χ2n) is 4.59. The summed E-state index contributed by atoms with van der Waals surface area (Å²) in [5, 5.41) is 14.0. The van der Waals surface area contributed by atoms with Crippen molar-refractivity contribution in [3.63, 3.8) is 0 Å². The highest BCUT2D eigenvalue weighted by molar-refractivity contribution is 6.30. The third-order valence-electron chi connectivity index (χ3n) is 3.43. The standard InChI is InChI=1S/C16H18ClNO/c1-2-16(12-19,13-6-4-3-5-7-13)18-15-10-8-14(17)9-11-15/h3-11,18-19H,2,12H2,1H3. The van der Waals surface area contributed by atoms with Gasteiger partial charge in [-0.3, -0.25) is 0 Å². The third-order valence-corrected chi connectivity index (χ3v) is 3.68. The summed E-state index contributed by atoms with van der Waals surface area (Å²) in [6, 6.07) is 17.5. The molecule has 1 atom stereocenters. The van der Waals surface area contributed by atoms with Crippen LogP contribution in [0.1, 0.15) is 18.9 Å². The van der Waals surface area contributed by atoms with Crippen molar-refractivity contribution in [2.75, 3.05) is 11.9 Å². The van der Waals surface area contributed by atoms with Crippen molar-refractivity contribution in [1.82, 2.24) is 0 Å². The fourth-order valence-corrected chi connectivity index (χ4v) is 2.30. The first-order valence-electron chi connectivity index (χ1n) is 6.40. The first kappa shape index (κ1) is 13.9. The van der Waals surface area contributed by atoms with E-state index in [9.17, 15) is 5.11 Å². The lowest BCUT2D eigenvalue weighted by Gasteiger charge is -2.33. The molecule has 0 aliphatic rings. The number of rotatable bonds is 5. The van der Waals surface area contributed by atoms with Crippen LogP contribution in [-0.4, -0.2) is 11.7 Å². The number of anilines is 1. The monoisotopic (exact) mass is 275 g/mol. The van der Waals surface area contributed by atoms with Gasteiger partial charge < -0.3 is 10.4 Å². The van der Waals surface area contributed by atoms with Crippen LogP contribution in [0.3, 0.4) is 0 Å². The molecule has 0 heterocycles. The Morgan fingerprint density at radius 3 is 2.21 bits per heavy atom. The quantitative estimate of drug-likeness (QED) is 0.863. The van der Waals surface area contributed by atoms with Gasteiger partial charge in [0, 0.05) is 10.7 Å². The molecule has 100 valence electrons. The van der Waals surface area contributed by atoms with Crippen LogP contribution < -0.4 is 5.32 Å². The molecule has 0 fully saturated rings. The van der Waals surface area contributed by atoms with E-state index in [0.29, 0.717) is 5.02 Å². The molecule has 0 spiro atoms. The molecule has 0 aliphatic carbocycles. The molecular formula is C16H18ClNO. The van der Waals surface area contributed by atoms with Crippen molar-refractivity contribution >= 4 is 17.3 Å². The van der Waals surface area contributed by atoms with Crippen molar-refractivity contribution in [1.29, 1.82) is 0 Å². The average Bonchev–Trinajstić information content (AvgIpc) is 2.48. The van der Waals surface area contributed by atoms with E-state index in [1.54, 1.807) is 0 Å². The van der Waals surface area contributed by atoms with Gasteiger partial charge in [-0.25, -0.2) is 0 Å². The van der Waals surface area contributed by atoms with E-state index in [2.05, 4.69) is 12.2 Å². The molecule has 0 bridgehead atoms. The Labute approximate surface area is 119 Å². The first-order chi connectivity index (χ1) is 9.20. The molecule has 2 aromatic rings. The summed E-state index contributed by atoms with van der Waals surface area (Å²) in [5.74, 6) is 0. The fraction of sp³-hybridized carbons (Fsp3) is 0.250. The van der Waals surface area contributed by atoms with Crippen molar-refractivity contribution in [3.8, 4) is 0 Å².